The molecule has 0 rings (SSSR count). The first-order valence-corrected chi connectivity index (χ1v) is 0. The molecule has 4 heteroatoms. The van der Waals surface area contributed by atoms with Crippen molar-refractivity contribution in [2.24, 2.45) is 0 Å². The van der Waals surface area contributed by atoms with E-state index in [1.807, 2.05) is 0 Å². The molecule has 4 heavy (non-hydrogen) atoms. The molecule has 0 aromatic heterocycles. The second-order valence-corrected chi connectivity index (χ2v) is 0. The third-order valence-electron chi connectivity index (χ3n) is 0. The van der Waals surface area contributed by atoms with Crippen LogP contribution in [-0.4, -0.2) is 0 Å². The predicted octanol–water partition coefficient (Wildman–Crippen LogP) is -0.0100. The molecule has 0 N–H and O–H groups in total. The van der Waals surface area contributed by atoms with Crippen LogP contribution in [0.1, 0.15) is 0 Å². The molecule has 3 radical (unpaired) electrons. The minimum Gasteiger partial charge on any atom is 0 e. The van der Waals surface area contributed by atoms with Crippen molar-refractivity contribution in [1.29, 1.82) is 0 Å². The molecule has 0 aromatic rings. The van der Waals surface area contributed by atoms with Gasteiger partial charge in [0.1, 0.15) is 0 Å². The van der Waals surface area contributed by atoms with E-state index in [-0.39, 0.29) is 87.7 Å². The Morgan fingerprint density at radius 3 is 1.00 bits per heavy atom. The first-order chi connectivity index (χ1) is 0. The Balaban J connectivity index is 0. The van der Waals surface area contributed by atoms with Crippen molar-refractivity contribution in [1.82, 2.24) is 0 Å². The van der Waals surface area contributed by atoms with E-state index >= 15 is 0 Å². The van der Waals surface area contributed by atoms with Crippen molar-refractivity contribution < 1.29 is 87.7 Å². The van der Waals surface area contributed by atoms with Crippen LogP contribution in [0, 0.1) is 0 Å². The van der Waals surface area contributed by atoms with Crippen molar-refractivity contribution in [3.8, 4) is 0 Å². The third kappa shape index (κ3) is 8.85. The van der Waals surface area contributed by atoms with Gasteiger partial charge in [0.15, 0.2) is 0 Å². The summed E-state index contributed by atoms with van der Waals surface area (Å²) in [6.45, 7) is 0. The van der Waals surface area contributed by atoms with Gasteiger partial charge in [0.2, 0.25) is 0 Å². The summed E-state index contributed by atoms with van der Waals surface area (Å²) in [6, 6.07) is 0. The minimum atomic E-state index is 0. The summed E-state index contributed by atoms with van der Waals surface area (Å²) in [4.78, 5) is 0. The summed E-state index contributed by atoms with van der Waals surface area (Å²) in [6.07, 6.45) is 0. The van der Waals surface area contributed by atoms with Crippen molar-refractivity contribution in [3.05, 3.63) is 0 Å². The van der Waals surface area contributed by atoms with Crippen LogP contribution in [0.25, 0.3) is 0 Å². The maximum Gasteiger partial charge on any atom is 0 e. The van der Waals surface area contributed by atoms with Gasteiger partial charge in [-0.25, -0.2) is 0 Å². The van der Waals surface area contributed by atoms with Gasteiger partial charge in [0.05, 0.1) is 0 Å². The van der Waals surface area contributed by atoms with Crippen molar-refractivity contribution in [2.45, 2.75) is 0 Å². The van der Waals surface area contributed by atoms with Crippen LogP contribution in [0.5, 0.6) is 0 Å². The molecular weight excluding hydrogens is 424 g/mol. The zero-order valence-electron chi connectivity index (χ0n) is 1.73. The summed E-state index contributed by atoms with van der Waals surface area (Å²) >= 11 is 0. The third-order valence-corrected chi connectivity index (χ3v) is 0. The topological polar surface area (TPSA) is 0 Å². The van der Waals surface area contributed by atoms with Gasteiger partial charge in [-0.2, -0.15) is 0 Å². The van der Waals surface area contributed by atoms with Crippen LogP contribution in [0.4, 0.5) is 0 Å². The number of hydrogen-bond donors (Lipinski definition) is 0. The molecule has 0 aliphatic heterocycles. The predicted molar refractivity (Wildman–Crippen MR) is 0 cm³/mol. The zero-order valence-corrected chi connectivity index (χ0v) is 10.6. The second kappa shape index (κ2) is 16.9. The molecule has 0 saturated heterocycles. The molecular formula is CoNbTaZr. The fourth-order valence-electron chi connectivity index (χ4n) is 0. The van der Waals surface area contributed by atoms with E-state index in [9.17, 15) is 0 Å². The Hall–Kier alpha value is 2.87. The van der Waals surface area contributed by atoms with E-state index in [2.05, 4.69) is 0 Å². The zero-order chi connectivity index (χ0) is 0. The summed E-state index contributed by atoms with van der Waals surface area (Å²) < 4.78 is 0. The van der Waals surface area contributed by atoms with Crippen LogP contribution < -0.4 is 0 Å². The van der Waals surface area contributed by atoms with Gasteiger partial charge in [0.25, 0.3) is 0 Å². The first-order valence-electron chi connectivity index (χ1n) is 0. The van der Waals surface area contributed by atoms with Crippen molar-refractivity contribution >= 4 is 0 Å². The van der Waals surface area contributed by atoms with E-state index < -0.39 is 0 Å². The summed E-state index contributed by atoms with van der Waals surface area (Å²) in [5, 5.41) is 0. The Morgan fingerprint density at radius 2 is 1.00 bits per heavy atom. The summed E-state index contributed by atoms with van der Waals surface area (Å²) in [5.74, 6) is 0. The quantitative estimate of drug-likeness (QED) is 0.481. The fourth-order valence-corrected chi connectivity index (χ4v) is 0. The van der Waals surface area contributed by atoms with E-state index in [0.717, 1.165) is 0 Å². The normalized spacial score (nSPS) is 0. The molecule has 0 spiro atoms. The Kier molecular flexibility index (Phi) is 121. The summed E-state index contributed by atoms with van der Waals surface area (Å²) in [5.41, 5.74) is 0. The fraction of sp³-hybridized carbons (Fsp3) is 0. The molecule has 0 bridgehead atoms. The van der Waals surface area contributed by atoms with E-state index in [1.165, 1.54) is 0 Å². The standard InChI is InChI=1S/Co.Nb.Ta.Zr. The van der Waals surface area contributed by atoms with Gasteiger partial charge < -0.3 is 0 Å². The molecule has 0 nitrogen and oxygen atoms in total. The summed E-state index contributed by atoms with van der Waals surface area (Å²) in [7, 11) is 0. The Labute approximate surface area is 86.2 Å². The van der Waals surface area contributed by atoms with E-state index in [1.54, 1.807) is 0 Å². The van der Waals surface area contributed by atoms with Crippen molar-refractivity contribution in [3.63, 3.8) is 0 Å². The minimum absolute atomic E-state index is 0. The van der Waals surface area contributed by atoms with Gasteiger partial charge in [0, 0.05) is 87.7 Å². The SMILES string of the molecule is [Co].[Nb].[Ta].[Zr]. The molecule has 0 heterocycles. The van der Waals surface area contributed by atoms with Crippen LogP contribution in [0.15, 0.2) is 0 Å². The van der Waals surface area contributed by atoms with E-state index in [0.29, 0.717) is 0 Å². The van der Waals surface area contributed by atoms with Gasteiger partial charge in [-0.3, -0.25) is 0 Å². The van der Waals surface area contributed by atoms with E-state index in [4.69, 9.17) is 0 Å². The first kappa shape index (κ1) is 28.7. The van der Waals surface area contributed by atoms with Crippen LogP contribution in [0.3, 0.4) is 0 Å². The number of hydrogen-bond acceptors (Lipinski definition) is 0. The van der Waals surface area contributed by atoms with Gasteiger partial charge >= 0.3 is 0 Å². The molecule has 0 saturated carbocycles. The van der Waals surface area contributed by atoms with Gasteiger partial charge in [-0.15, -0.1) is 0 Å². The van der Waals surface area contributed by atoms with Crippen molar-refractivity contribution in [2.75, 3.05) is 0 Å². The van der Waals surface area contributed by atoms with Crippen LogP contribution in [0.2, 0.25) is 0 Å². The molecule has 0 aromatic carbocycles. The maximum absolute atomic E-state index is 0. The molecule has 0 aliphatic rings. The maximum atomic E-state index is 0. The molecule has 0 atom stereocenters. The molecule has 0 fully saturated rings. The Morgan fingerprint density at radius 1 is 1.00 bits per heavy atom. The molecule has 0 aliphatic carbocycles. The average Bonchev–Trinajstić information content (AvgIpc) is 0. The van der Waals surface area contributed by atoms with Crippen LogP contribution in [-0.2, 0) is 87.7 Å². The molecule has 0 unspecified atom stereocenters. The van der Waals surface area contributed by atoms with Gasteiger partial charge in [-0.05, 0) is 0 Å². The van der Waals surface area contributed by atoms with Crippen LogP contribution >= 0.6 is 0 Å². The number of rotatable bonds is 0. The van der Waals surface area contributed by atoms with Gasteiger partial charge in [-0.1, -0.05) is 0 Å². The largest absolute Gasteiger partial charge is 0 e. The average molecular weight is 424 g/mol. The molecule has 0 amide bonds. The second-order valence-electron chi connectivity index (χ2n) is 0. The molecule has 23 valence electrons. The monoisotopic (exact) mass is 423 g/mol. The smallest absolute Gasteiger partial charge is 0 e. The Bertz CT molecular complexity index is 8.00.